The fourth-order valence-corrected chi connectivity index (χ4v) is 3.27. The second-order valence-electron chi connectivity index (χ2n) is 4.77. The summed E-state index contributed by atoms with van der Waals surface area (Å²) in [5.74, 6) is 0. The van der Waals surface area contributed by atoms with E-state index in [0.717, 1.165) is 23.5 Å². The number of pyridine rings is 1. The molecule has 0 atom stereocenters. The van der Waals surface area contributed by atoms with Crippen molar-refractivity contribution >= 4 is 21.6 Å². The van der Waals surface area contributed by atoms with Gasteiger partial charge in [-0.25, -0.2) is 9.55 Å². The molecule has 0 aliphatic rings. The monoisotopic (exact) mass is 396 g/mol. The lowest BCUT2D eigenvalue weighted by molar-refractivity contribution is -0.696. The highest BCUT2D eigenvalue weighted by Gasteiger charge is 2.09. The number of fused-ring (bicyclic) bond motifs is 1. The number of rotatable bonds is 3. The number of halogens is 1. The van der Waals surface area contributed by atoms with Gasteiger partial charge in [0, 0.05) is 24.1 Å². The van der Waals surface area contributed by atoms with Gasteiger partial charge in [-0.3, -0.25) is 0 Å². The van der Waals surface area contributed by atoms with Crippen molar-refractivity contribution in [3.8, 4) is 10.6 Å². The second kappa shape index (κ2) is 6.63. The molecule has 104 valence electrons. The number of hydrogen-bond acceptors (Lipinski definition) is 2. The molecule has 0 aliphatic heterocycles. The predicted octanol–water partition coefficient (Wildman–Crippen LogP) is 0.973. The van der Waals surface area contributed by atoms with E-state index in [2.05, 4.69) is 61.1 Å². The van der Waals surface area contributed by atoms with Gasteiger partial charge in [-0.2, -0.15) is 0 Å². The molecule has 2 aromatic heterocycles. The third-order valence-corrected chi connectivity index (χ3v) is 4.31. The summed E-state index contributed by atoms with van der Waals surface area (Å²) in [7, 11) is 0. The first-order valence-corrected chi connectivity index (χ1v) is 7.45. The van der Waals surface area contributed by atoms with Crippen LogP contribution in [0.4, 0.5) is 0 Å². The summed E-state index contributed by atoms with van der Waals surface area (Å²) in [6.45, 7) is 5.38. The molecule has 0 fully saturated rings. The van der Waals surface area contributed by atoms with Gasteiger partial charge in [-0.15, -0.1) is 11.3 Å². The van der Waals surface area contributed by atoms with E-state index in [-0.39, 0.29) is 24.0 Å². The fraction of sp³-hybridized carbons (Fsp3) is 0.250. The highest BCUT2D eigenvalue weighted by Crippen LogP contribution is 2.30. The van der Waals surface area contributed by atoms with Gasteiger partial charge < -0.3 is 24.0 Å². The zero-order valence-corrected chi connectivity index (χ0v) is 14.6. The molecule has 3 rings (SSSR count). The molecule has 0 radical (unpaired) electrons. The Balaban J connectivity index is 0.00000147. The molecule has 2 nitrogen and oxygen atoms in total. The molecule has 0 N–H and O–H groups in total. The molecule has 0 saturated carbocycles. The third-order valence-electron chi connectivity index (χ3n) is 3.24. The summed E-state index contributed by atoms with van der Waals surface area (Å²) in [5, 5.41) is 1.10. The molecule has 4 heteroatoms. The van der Waals surface area contributed by atoms with E-state index < -0.39 is 0 Å². The van der Waals surface area contributed by atoms with Crippen LogP contribution in [0.25, 0.3) is 20.8 Å². The maximum atomic E-state index is 4.77. The Morgan fingerprint density at radius 2 is 1.90 bits per heavy atom. The van der Waals surface area contributed by atoms with Crippen molar-refractivity contribution in [1.29, 1.82) is 0 Å². The van der Waals surface area contributed by atoms with Crippen molar-refractivity contribution < 1.29 is 28.5 Å². The highest BCUT2D eigenvalue weighted by atomic mass is 127. The van der Waals surface area contributed by atoms with Crippen LogP contribution in [-0.4, -0.2) is 4.98 Å². The molecular formula is C16H17IN2S. The van der Waals surface area contributed by atoms with Gasteiger partial charge in [0.05, 0.1) is 10.2 Å². The van der Waals surface area contributed by atoms with Crippen molar-refractivity contribution in [2.45, 2.75) is 26.8 Å². The van der Waals surface area contributed by atoms with Crippen LogP contribution in [0.5, 0.6) is 0 Å². The number of aromatic nitrogens is 2. The van der Waals surface area contributed by atoms with Crippen LogP contribution in [-0.2, 0) is 6.54 Å². The number of nitrogens with zero attached hydrogens (tertiary/aromatic N) is 2. The van der Waals surface area contributed by atoms with Crippen molar-refractivity contribution in [3.63, 3.8) is 0 Å². The Morgan fingerprint density at radius 3 is 2.55 bits per heavy atom. The average molecular weight is 396 g/mol. The number of para-hydroxylation sites is 1. The van der Waals surface area contributed by atoms with Crippen molar-refractivity contribution in [1.82, 2.24) is 4.98 Å². The number of aryl methyl sites for hydroxylation is 2. The lowest BCUT2D eigenvalue weighted by Gasteiger charge is -1.96. The fourth-order valence-electron chi connectivity index (χ4n) is 2.22. The minimum absolute atomic E-state index is 0. The van der Waals surface area contributed by atoms with E-state index in [1.54, 1.807) is 11.3 Å². The SMILES string of the molecule is CCC[n+]1ccc(-c2nc3c(C)cccc3s2)cc1.[I-]. The van der Waals surface area contributed by atoms with E-state index in [4.69, 9.17) is 4.98 Å². The first-order valence-electron chi connectivity index (χ1n) is 6.63. The van der Waals surface area contributed by atoms with Crippen LogP contribution >= 0.6 is 11.3 Å². The maximum absolute atomic E-state index is 4.77. The topological polar surface area (TPSA) is 16.8 Å². The van der Waals surface area contributed by atoms with Crippen LogP contribution in [0, 0.1) is 6.92 Å². The summed E-state index contributed by atoms with van der Waals surface area (Å²) in [5.41, 5.74) is 3.58. The molecule has 0 bridgehead atoms. The Morgan fingerprint density at radius 1 is 1.15 bits per heavy atom. The Bertz CT molecular complexity index is 704. The van der Waals surface area contributed by atoms with Crippen LogP contribution < -0.4 is 28.5 Å². The van der Waals surface area contributed by atoms with Crippen molar-refractivity contribution in [3.05, 3.63) is 48.3 Å². The molecular weight excluding hydrogens is 379 g/mol. The zero-order valence-electron chi connectivity index (χ0n) is 11.6. The normalized spacial score (nSPS) is 10.5. The summed E-state index contributed by atoms with van der Waals surface area (Å²) >= 11 is 1.76. The smallest absolute Gasteiger partial charge is 0.169 e. The molecule has 2 heterocycles. The first-order chi connectivity index (χ1) is 9.28. The summed E-state index contributed by atoms with van der Waals surface area (Å²) in [6.07, 6.45) is 5.43. The van der Waals surface area contributed by atoms with E-state index in [1.807, 2.05) is 0 Å². The summed E-state index contributed by atoms with van der Waals surface area (Å²) in [6, 6.07) is 10.7. The van der Waals surface area contributed by atoms with Crippen LogP contribution in [0.2, 0.25) is 0 Å². The Kier molecular flexibility index (Phi) is 5.10. The van der Waals surface area contributed by atoms with Gasteiger partial charge in [0.2, 0.25) is 0 Å². The van der Waals surface area contributed by atoms with Crippen LogP contribution in [0.15, 0.2) is 42.7 Å². The standard InChI is InChI=1S/C16H17N2S.HI/c1-3-9-18-10-7-13(8-11-18)16-17-15-12(2)5-4-6-14(15)19-16;/h4-8,10-11H,3,9H2,1-2H3;1H/q+1;/p-1. The first kappa shape index (κ1) is 15.4. The van der Waals surface area contributed by atoms with Gasteiger partial charge in [0.1, 0.15) is 11.6 Å². The second-order valence-corrected chi connectivity index (χ2v) is 5.80. The van der Waals surface area contributed by atoms with Crippen LogP contribution in [0.1, 0.15) is 18.9 Å². The molecule has 1 aromatic carbocycles. The molecule has 20 heavy (non-hydrogen) atoms. The minimum Gasteiger partial charge on any atom is -1.00 e. The van der Waals surface area contributed by atoms with E-state index in [9.17, 15) is 0 Å². The Hall–Kier alpha value is -1.01. The van der Waals surface area contributed by atoms with Gasteiger partial charge in [-0.05, 0) is 18.6 Å². The molecule has 0 unspecified atom stereocenters. The molecule has 0 saturated heterocycles. The lowest BCUT2D eigenvalue weighted by atomic mass is 10.2. The minimum atomic E-state index is 0. The summed E-state index contributed by atoms with van der Waals surface area (Å²) in [4.78, 5) is 4.77. The Labute approximate surface area is 140 Å². The highest BCUT2D eigenvalue weighted by molar-refractivity contribution is 7.21. The molecule has 0 amide bonds. The average Bonchev–Trinajstić information content (AvgIpc) is 2.85. The van der Waals surface area contributed by atoms with E-state index >= 15 is 0 Å². The lowest BCUT2D eigenvalue weighted by Crippen LogP contribution is -3.00. The maximum Gasteiger partial charge on any atom is 0.169 e. The predicted molar refractivity (Wildman–Crippen MR) is 80.3 cm³/mol. The quantitative estimate of drug-likeness (QED) is 0.477. The zero-order chi connectivity index (χ0) is 13.2. The molecule has 0 spiro atoms. The van der Waals surface area contributed by atoms with E-state index in [0.29, 0.717) is 0 Å². The number of thiazole rings is 1. The van der Waals surface area contributed by atoms with Gasteiger partial charge in [0.15, 0.2) is 12.4 Å². The van der Waals surface area contributed by atoms with Gasteiger partial charge in [-0.1, -0.05) is 19.1 Å². The van der Waals surface area contributed by atoms with Crippen molar-refractivity contribution in [2.24, 2.45) is 0 Å². The van der Waals surface area contributed by atoms with Gasteiger partial charge >= 0.3 is 0 Å². The third kappa shape index (κ3) is 3.01. The summed E-state index contributed by atoms with van der Waals surface area (Å²) < 4.78 is 3.47. The van der Waals surface area contributed by atoms with Crippen molar-refractivity contribution in [2.75, 3.05) is 0 Å². The molecule has 0 aliphatic carbocycles. The van der Waals surface area contributed by atoms with Crippen LogP contribution in [0.3, 0.4) is 0 Å². The molecule has 3 aromatic rings. The van der Waals surface area contributed by atoms with E-state index in [1.165, 1.54) is 15.8 Å². The number of benzene rings is 1. The number of hydrogen-bond donors (Lipinski definition) is 0. The largest absolute Gasteiger partial charge is 1.00 e. The van der Waals surface area contributed by atoms with Gasteiger partial charge in [0.25, 0.3) is 0 Å².